The molecule has 0 aliphatic carbocycles. The van der Waals surface area contributed by atoms with Gasteiger partial charge in [0.05, 0.1) is 12.0 Å². The molecule has 1 rings (SSSR count). The van der Waals surface area contributed by atoms with Gasteiger partial charge in [0.15, 0.2) is 0 Å². The molecule has 0 aromatic heterocycles. The van der Waals surface area contributed by atoms with Gasteiger partial charge in [-0.15, -0.1) is 0 Å². The number of hydrogen-bond donors (Lipinski definition) is 1. The molecule has 1 saturated heterocycles. The Morgan fingerprint density at radius 2 is 2.24 bits per heavy atom. The zero-order valence-corrected chi connectivity index (χ0v) is 11.5. The van der Waals surface area contributed by atoms with E-state index in [1.165, 1.54) is 0 Å². The Morgan fingerprint density at radius 3 is 2.76 bits per heavy atom. The molecule has 1 fully saturated rings. The highest BCUT2D eigenvalue weighted by molar-refractivity contribution is 5.77. The lowest BCUT2D eigenvalue weighted by Gasteiger charge is -2.36. The number of methoxy groups -OCH3 is 1. The molecule has 2 atom stereocenters. The van der Waals surface area contributed by atoms with Crippen molar-refractivity contribution in [1.82, 2.24) is 4.90 Å². The molecule has 0 radical (unpaired) electrons. The summed E-state index contributed by atoms with van der Waals surface area (Å²) in [5.74, 6) is 0.626. The zero-order chi connectivity index (χ0) is 13.1. The molecule has 0 aromatic rings. The lowest BCUT2D eigenvalue weighted by atomic mass is 9.91. The molecule has 0 bridgehead atoms. The van der Waals surface area contributed by atoms with Crippen LogP contribution in [-0.2, 0) is 9.53 Å². The van der Waals surface area contributed by atoms with Gasteiger partial charge in [-0.3, -0.25) is 4.79 Å². The lowest BCUT2D eigenvalue weighted by Crippen LogP contribution is -2.46. The molecule has 100 valence electrons. The maximum absolute atomic E-state index is 12.1. The minimum Gasteiger partial charge on any atom is -0.378 e. The van der Waals surface area contributed by atoms with E-state index in [1.54, 1.807) is 7.11 Å². The standard InChI is InChI=1S/C13H26N2O2/c1-10(14)11-6-5-7-15(9-11)12(16)8-13(2,3)17-4/h10-11H,5-9,14H2,1-4H3. The van der Waals surface area contributed by atoms with Crippen molar-refractivity contribution in [3.8, 4) is 0 Å². The van der Waals surface area contributed by atoms with E-state index in [2.05, 4.69) is 0 Å². The third kappa shape index (κ3) is 4.28. The summed E-state index contributed by atoms with van der Waals surface area (Å²) in [4.78, 5) is 14.1. The monoisotopic (exact) mass is 242 g/mol. The fourth-order valence-corrected chi connectivity index (χ4v) is 2.21. The number of nitrogens with two attached hydrogens (primary N) is 1. The molecule has 1 amide bonds. The Labute approximate surface area is 104 Å². The number of carbonyl (C=O) groups is 1. The summed E-state index contributed by atoms with van der Waals surface area (Å²) in [6.07, 6.45) is 2.63. The van der Waals surface area contributed by atoms with Crippen molar-refractivity contribution in [2.24, 2.45) is 11.7 Å². The molecule has 0 aromatic carbocycles. The van der Waals surface area contributed by atoms with Crippen LogP contribution >= 0.6 is 0 Å². The van der Waals surface area contributed by atoms with Crippen LogP contribution < -0.4 is 5.73 Å². The van der Waals surface area contributed by atoms with E-state index in [-0.39, 0.29) is 17.6 Å². The van der Waals surface area contributed by atoms with Gasteiger partial charge in [0.2, 0.25) is 5.91 Å². The number of carbonyl (C=O) groups excluding carboxylic acids is 1. The van der Waals surface area contributed by atoms with E-state index in [0.29, 0.717) is 12.3 Å². The van der Waals surface area contributed by atoms with Crippen LogP contribution in [0.3, 0.4) is 0 Å². The number of ether oxygens (including phenoxy) is 1. The molecule has 2 N–H and O–H groups in total. The first kappa shape index (κ1) is 14.5. The quantitative estimate of drug-likeness (QED) is 0.810. The fourth-order valence-electron chi connectivity index (χ4n) is 2.21. The van der Waals surface area contributed by atoms with Gasteiger partial charge in [0.25, 0.3) is 0 Å². The van der Waals surface area contributed by atoms with Crippen LogP contribution in [0, 0.1) is 5.92 Å². The van der Waals surface area contributed by atoms with Gasteiger partial charge >= 0.3 is 0 Å². The van der Waals surface area contributed by atoms with Gasteiger partial charge < -0.3 is 15.4 Å². The van der Waals surface area contributed by atoms with Crippen LogP contribution in [0.2, 0.25) is 0 Å². The highest BCUT2D eigenvalue weighted by Crippen LogP contribution is 2.22. The molecule has 17 heavy (non-hydrogen) atoms. The molecule has 1 aliphatic rings. The number of nitrogens with zero attached hydrogens (tertiary/aromatic N) is 1. The van der Waals surface area contributed by atoms with Gasteiger partial charge in [-0.1, -0.05) is 0 Å². The van der Waals surface area contributed by atoms with Gasteiger partial charge in [-0.05, 0) is 39.5 Å². The molecule has 1 heterocycles. The van der Waals surface area contributed by atoms with E-state index in [4.69, 9.17) is 10.5 Å². The third-order valence-electron chi connectivity index (χ3n) is 3.68. The van der Waals surface area contributed by atoms with E-state index in [1.807, 2.05) is 25.7 Å². The summed E-state index contributed by atoms with van der Waals surface area (Å²) < 4.78 is 5.30. The Kier molecular flexibility index (Phi) is 4.95. The smallest absolute Gasteiger partial charge is 0.225 e. The molecule has 2 unspecified atom stereocenters. The van der Waals surface area contributed by atoms with Crippen molar-refractivity contribution in [3.63, 3.8) is 0 Å². The predicted octanol–water partition coefficient (Wildman–Crippen LogP) is 1.39. The Balaban J connectivity index is 2.52. The third-order valence-corrected chi connectivity index (χ3v) is 3.68. The first-order chi connectivity index (χ1) is 7.85. The summed E-state index contributed by atoms with van der Waals surface area (Å²) in [5.41, 5.74) is 5.54. The van der Waals surface area contributed by atoms with E-state index in [9.17, 15) is 4.79 Å². The summed E-state index contributed by atoms with van der Waals surface area (Å²) in [6, 6.07) is 0.168. The summed E-state index contributed by atoms with van der Waals surface area (Å²) in [6.45, 7) is 7.58. The highest BCUT2D eigenvalue weighted by atomic mass is 16.5. The maximum atomic E-state index is 12.1. The molecule has 1 aliphatic heterocycles. The lowest BCUT2D eigenvalue weighted by molar-refractivity contribution is -0.138. The summed E-state index contributed by atoms with van der Waals surface area (Å²) >= 11 is 0. The Morgan fingerprint density at radius 1 is 1.59 bits per heavy atom. The second-order valence-electron chi connectivity index (χ2n) is 5.74. The zero-order valence-electron chi connectivity index (χ0n) is 11.5. The fraction of sp³-hybridized carbons (Fsp3) is 0.923. The summed E-state index contributed by atoms with van der Waals surface area (Å²) in [7, 11) is 1.65. The van der Waals surface area contributed by atoms with E-state index in [0.717, 1.165) is 25.9 Å². The largest absolute Gasteiger partial charge is 0.378 e. The van der Waals surface area contributed by atoms with Crippen LogP contribution in [0.4, 0.5) is 0 Å². The number of amides is 1. The average Bonchev–Trinajstić information content (AvgIpc) is 2.28. The molecule has 4 heteroatoms. The molecule has 4 nitrogen and oxygen atoms in total. The summed E-state index contributed by atoms with van der Waals surface area (Å²) in [5, 5.41) is 0. The van der Waals surface area contributed by atoms with Crippen LogP contribution in [0.1, 0.15) is 40.0 Å². The van der Waals surface area contributed by atoms with Crippen molar-refractivity contribution in [1.29, 1.82) is 0 Å². The number of likely N-dealkylation sites (tertiary alicyclic amines) is 1. The van der Waals surface area contributed by atoms with E-state index < -0.39 is 0 Å². The first-order valence-electron chi connectivity index (χ1n) is 6.44. The van der Waals surface area contributed by atoms with Crippen molar-refractivity contribution < 1.29 is 9.53 Å². The first-order valence-corrected chi connectivity index (χ1v) is 6.44. The highest BCUT2D eigenvalue weighted by Gasteiger charge is 2.29. The van der Waals surface area contributed by atoms with Crippen LogP contribution in [-0.4, -0.2) is 42.6 Å². The molecular weight excluding hydrogens is 216 g/mol. The van der Waals surface area contributed by atoms with Gasteiger partial charge in [0.1, 0.15) is 0 Å². The van der Waals surface area contributed by atoms with Crippen molar-refractivity contribution in [2.75, 3.05) is 20.2 Å². The second kappa shape index (κ2) is 5.83. The Hall–Kier alpha value is -0.610. The topological polar surface area (TPSA) is 55.6 Å². The van der Waals surface area contributed by atoms with Crippen LogP contribution in [0.15, 0.2) is 0 Å². The van der Waals surface area contributed by atoms with Crippen LogP contribution in [0.25, 0.3) is 0 Å². The Bertz CT molecular complexity index is 264. The van der Waals surface area contributed by atoms with Gasteiger partial charge in [0, 0.05) is 26.2 Å². The van der Waals surface area contributed by atoms with Crippen molar-refractivity contribution in [2.45, 2.75) is 51.7 Å². The SMILES string of the molecule is COC(C)(C)CC(=O)N1CCCC(C(C)N)C1. The van der Waals surface area contributed by atoms with Crippen molar-refractivity contribution in [3.05, 3.63) is 0 Å². The molecular formula is C13H26N2O2. The number of piperidine rings is 1. The minimum absolute atomic E-state index is 0.168. The van der Waals surface area contributed by atoms with Crippen LogP contribution in [0.5, 0.6) is 0 Å². The normalized spacial score (nSPS) is 23.6. The molecule has 0 saturated carbocycles. The van der Waals surface area contributed by atoms with Gasteiger partial charge in [-0.25, -0.2) is 0 Å². The minimum atomic E-state index is -0.377. The number of hydrogen-bond acceptors (Lipinski definition) is 3. The van der Waals surface area contributed by atoms with E-state index >= 15 is 0 Å². The van der Waals surface area contributed by atoms with Crippen molar-refractivity contribution >= 4 is 5.91 Å². The van der Waals surface area contributed by atoms with Gasteiger partial charge in [-0.2, -0.15) is 0 Å². The second-order valence-corrected chi connectivity index (χ2v) is 5.74. The maximum Gasteiger partial charge on any atom is 0.225 e. The predicted molar refractivity (Wildman–Crippen MR) is 68.7 cm³/mol. The average molecular weight is 242 g/mol. The molecule has 0 spiro atoms. The number of rotatable bonds is 4.